The number of aromatic nitrogens is 1. The fraction of sp³-hybridized carbons (Fsp3) is 0.211. The SMILES string of the molecule is C=CN=C/C=C/C(C)(C)c1cc(C#N)cc2cc(C(=O)NC)[nH]c12. The van der Waals surface area contributed by atoms with Gasteiger partial charge >= 0.3 is 0 Å². The van der Waals surface area contributed by atoms with Gasteiger partial charge in [0.1, 0.15) is 5.69 Å². The molecule has 1 amide bonds. The number of aliphatic imine (C=N–C) groups is 1. The highest BCUT2D eigenvalue weighted by Gasteiger charge is 2.22. The number of allylic oxidation sites excluding steroid dienone is 2. The van der Waals surface area contributed by atoms with Gasteiger partial charge in [-0.15, -0.1) is 0 Å². The first-order valence-electron chi connectivity index (χ1n) is 7.54. The Morgan fingerprint density at radius 1 is 1.42 bits per heavy atom. The Balaban J connectivity index is 2.62. The molecule has 0 aliphatic carbocycles. The highest BCUT2D eigenvalue weighted by molar-refractivity contribution is 5.99. The van der Waals surface area contributed by atoms with Crippen LogP contribution in [0.15, 0.2) is 48.1 Å². The van der Waals surface area contributed by atoms with Crippen molar-refractivity contribution < 1.29 is 4.79 Å². The number of hydrogen-bond donors (Lipinski definition) is 2. The molecule has 0 radical (unpaired) electrons. The number of hydrogen-bond acceptors (Lipinski definition) is 3. The number of carbonyl (C=O) groups excluding carboxylic acids is 1. The van der Waals surface area contributed by atoms with Crippen LogP contribution in [0.4, 0.5) is 0 Å². The second kappa shape index (κ2) is 6.97. The summed E-state index contributed by atoms with van der Waals surface area (Å²) in [4.78, 5) is 19.0. The van der Waals surface area contributed by atoms with Gasteiger partial charge in [-0.05, 0) is 29.8 Å². The molecule has 0 fully saturated rings. The summed E-state index contributed by atoms with van der Waals surface area (Å²) in [6.07, 6.45) is 6.96. The summed E-state index contributed by atoms with van der Waals surface area (Å²) in [5, 5.41) is 12.7. The Kier molecular flexibility index (Phi) is 5.00. The lowest BCUT2D eigenvalue weighted by Crippen LogP contribution is -2.18. The van der Waals surface area contributed by atoms with Gasteiger partial charge in [0.15, 0.2) is 0 Å². The lowest BCUT2D eigenvalue weighted by molar-refractivity contribution is 0.0959. The smallest absolute Gasteiger partial charge is 0.267 e. The molecule has 1 heterocycles. The number of nitrogens with one attached hydrogen (secondary N) is 2. The number of carbonyl (C=O) groups is 1. The predicted octanol–water partition coefficient (Wildman–Crippen LogP) is 3.45. The standard InChI is InChI=1S/C19H20N4O/c1-5-22-8-6-7-19(2,3)15-10-13(12-20)9-14-11-16(18(24)21-4)23-17(14)15/h5-11,23H,1H2,2-4H3,(H,21,24)/b7-6+,22-8?. The number of nitriles is 1. The monoisotopic (exact) mass is 320 g/mol. The molecule has 2 N–H and O–H groups in total. The van der Waals surface area contributed by atoms with E-state index < -0.39 is 0 Å². The largest absolute Gasteiger partial charge is 0.354 e. The Bertz CT molecular complexity index is 879. The predicted molar refractivity (Wildman–Crippen MR) is 97.3 cm³/mol. The van der Waals surface area contributed by atoms with Crippen LogP contribution < -0.4 is 5.32 Å². The van der Waals surface area contributed by atoms with Gasteiger partial charge < -0.3 is 10.3 Å². The Morgan fingerprint density at radius 2 is 2.17 bits per heavy atom. The minimum Gasteiger partial charge on any atom is -0.354 e. The van der Waals surface area contributed by atoms with Crippen LogP contribution in [0.25, 0.3) is 10.9 Å². The van der Waals surface area contributed by atoms with Crippen molar-refractivity contribution in [3.63, 3.8) is 0 Å². The van der Waals surface area contributed by atoms with E-state index in [-0.39, 0.29) is 11.3 Å². The van der Waals surface area contributed by atoms with Gasteiger partial charge in [-0.2, -0.15) is 5.26 Å². The maximum Gasteiger partial charge on any atom is 0.267 e. The van der Waals surface area contributed by atoms with E-state index in [0.29, 0.717) is 11.3 Å². The van der Waals surface area contributed by atoms with Gasteiger partial charge in [0.05, 0.1) is 17.1 Å². The van der Waals surface area contributed by atoms with Crippen LogP contribution in [0.2, 0.25) is 0 Å². The average Bonchev–Trinajstić information content (AvgIpc) is 3.00. The summed E-state index contributed by atoms with van der Waals surface area (Å²) in [5.74, 6) is -0.192. The third kappa shape index (κ3) is 3.44. The third-order valence-electron chi connectivity index (χ3n) is 3.81. The quantitative estimate of drug-likeness (QED) is 0.827. The summed E-state index contributed by atoms with van der Waals surface area (Å²) in [5.41, 5.74) is 2.46. The summed E-state index contributed by atoms with van der Waals surface area (Å²) < 4.78 is 0. The maximum atomic E-state index is 11.9. The van der Waals surface area contributed by atoms with Crippen LogP contribution in [0.1, 0.15) is 35.5 Å². The van der Waals surface area contributed by atoms with Gasteiger partial charge in [0, 0.05) is 30.3 Å². The summed E-state index contributed by atoms with van der Waals surface area (Å²) in [6.45, 7) is 7.62. The Morgan fingerprint density at radius 3 is 2.79 bits per heavy atom. The zero-order valence-electron chi connectivity index (χ0n) is 14.1. The van der Waals surface area contributed by atoms with E-state index in [1.165, 1.54) is 6.20 Å². The van der Waals surface area contributed by atoms with E-state index in [1.807, 2.05) is 32.1 Å². The van der Waals surface area contributed by atoms with Gasteiger partial charge in [0.25, 0.3) is 5.91 Å². The molecule has 2 aromatic rings. The molecule has 0 spiro atoms. The lowest BCUT2D eigenvalue weighted by atomic mass is 9.82. The second-order valence-electron chi connectivity index (χ2n) is 5.92. The van der Waals surface area contributed by atoms with Crippen LogP contribution >= 0.6 is 0 Å². The topological polar surface area (TPSA) is 81.0 Å². The van der Waals surface area contributed by atoms with Crippen LogP contribution in [0.3, 0.4) is 0 Å². The van der Waals surface area contributed by atoms with Crippen LogP contribution in [0, 0.1) is 11.3 Å². The molecule has 0 saturated carbocycles. The molecule has 1 aromatic heterocycles. The maximum absolute atomic E-state index is 11.9. The van der Waals surface area contributed by atoms with Crippen molar-refractivity contribution in [2.24, 2.45) is 4.99 Å². The van der Waals surface area contributed by atoms with Crippen molar-refractivity contribution in [3.05, 3.63) is 60.0 Å². The van der Waals surface area contributed by atoms with E-state index in [0.717, 1.165) is 16.5 Å². The van der Waals surface area contributed by atoms with Crippen LogP contribution in [-0.4, -0.2) is 24.2 Å². The van der Waals surface area contributed by atoms with Crippen molar-refractivity contribution in [1.82, 2.24) is 10.3 Å². The number of amides is 1. The number of fused-ring (bicyclic) bond motifs is 1. The second-order valence-corrected chi connectivity index (χ2v) is 5.92. The van der Waals surface area contributed by atoms with Crippen molar-refractivity contribution in [2.75, 3.05) is 7.05 Å². The lowest BCUT2D eigenvalue weighted by Gasteiger charge is -2.22. The molecule has 0 aliphatic heterocycles. The van der Waals surface area contributed by atoms with E-state index in [2.05, 4.69) is 27.9 Å². The number of nitrogens with zero attached hydrogens (tertiary/aromatic N) is 2. The third-order valence-corrected chi connectivity index (χ3v) is 3.81. The molecule has 2 rings (SSSR count). The van der Waals surface area contributed by atoms with Gasteiger partial charge in [-0.25, -0.2) is 0 Å². The van der Waals surface area contributed by atoms with Gasteiger partial charge in [0.2, 0.25) is 0 Å². The summed E-state index contributed by atoms with van der Waals surface area (Å²) in [6, 6.07) is 7.57. The molecule has 5 heteroatoms. The molecule has 0 saturated heterocycles. The van der Waals surface area contributed by atoms with Crippen molar-refractivity contribution >= 4 is 23.0 Å². The van der Waals surface area contributed by atoms with Gasteiger partial charge in [-0.3, -0.25) is 9.79 Å². The average molecular weight is 320 g/mol. The Labute approximate surface area is 141 Å². The molecule has 122 valence electrons. The molecule has 0 atom stereocenters. The van der Waals surface area contributed by atoms with E-state index in [1.54, 1.807) is 25.4 Å². The molecule has 0 bridgehead atoms. The first kappa shape index (κ1) is 17.2. The van der Waals surface area contributed by atoms with Crippen molar-refractivity contribution in [2.45, 2.75) is 19.3 Å². The number of rotatable bonds is 5. The molecule has 24 heavy (non-hydrogen) atoms. The molecular formula is C19H20N4O. The molecule has 5 nitrogen and oxygen atoms in total. The minimum atomic E-state index is -0.358. The summed E-state index contributed by atoms with van der Waals surface area (Å²) >= 11 is 0. The van der Waals surface area contributed by atoms with Crippen molar-refractivity contribution in [1.29, 1.82) is 5.26 Å². The van der Waals surface area contributed by atoms with Crippen LogP contribution in [0.5, 0.6) is 0 Å². The van der Waals surface area contributed by atoms with Gasteiger partial charge in [-0.1, -0.05) is 26.5 Å². The van der Waals surface area contributed by atoms with E-state index in [9.17, 15) is 10.1 Å². The number of aromatic amines is 1. The van der Waals surface area contributed by atoms with Crippen molar-refractivity contribution in [3.8, 4) is 6.07 Å². The fourth-order valence-electron chi connectivity index (χ4n) is 2.56. The van der Waals surface area contributed by atoms with Crippen LogP contribution in [-0.2, 0) is 5.41 Å². The minimum absolute atomic E-state index is 0.192. The summed E-state index contributed by atoms with van der Waals surface area (Å²) in [7, 11) is 1.58. The normalized spacial score (nSPS) is 11.9. The zero-order valence-corrected chi connectivity index (χ0v) is 14.1. The van der Waals surface area contributed by atoms with E-state index >= 15 is 0 Å². The molecular weight excluding hydrogens is 300 g/mol. The number of H-pyrrole nitrogens is 1. The highest BCUT2D eigenvalue weighted by Crippen LogP contribution is 2.32. The molecule has 1 aromatic carbocycles. The zero-order chi connectivity index (χ0) is 17.7. The first-order chi connectivity index (χ1) is 11.4. The first-order valence-corrected chi connectivity index (χ1v) is 7.54. The van der Waals surface area contributed by atoms with E-state index in [4.69, 9.17) is 0 Å². The fourth-order valence-corrected chi connectivity index (χ4v) is 2.56. The molecule has 0 unspecified atom stereocenters. The number of benzene rings is 1. The molecule has 0 aliphatic rings. The Hall–Kier alpha value is -3.13. The highest BCUT2D eigenvalue weighted by atomic mass is 16.1.